The van der Waals surface area contributed by atoms with Crippen LogP contribution in [0.4, 0.5) is 0 Å². The maximum absolute atomic E-state index is 11.6. The molecule has 1 N–H and O–H groups in total. The number of aryl methyl sites for hydroxylation is 1. The number of benzene rings is 1. The Balaban J connectivity index is 2.75. The molecule has 0 saturated carbocycles. The summed E-state index contributed by atoms with van der Waals surface area (Å²) in [5.41, 5.74) is 1.64. The van der Waals surface area contributed by atoms with Gasteiger partial charge in [-0.05, 0) is 51.4 Å². The molecule has 1 rings (SSSR count). The van der Waals surface area contributed by atoms with E-state index < -0.39 is 5.41 Å². The smallest absolute Gasteiger partial charge is 0.314 e. The molecule has 118 valence electrons. The number of hydrogen-bond donors (Lipinski definition) is 1. The van der Waals surface area contributed by atoms with Crippen molar-refractivity contribution in [1.29, 1.82) is 0 Å². The lowest BCUT2D eigenvalue weighted by Crippen LogP contribution is -2.32. The second-order valence-corrected chi connectivity index (χ2v) is 5.97. The first-order valence-corrected chi connectivity index (χ1v) is 7.37. The van der Waals surface area contributed by atoms with Gasteiger partial charge < -0.3 is 14.8 Å². The molecule has 21 heavy (non-hydrogen) atoms. The lowest BCUT2D eigenvalue weighted by Gasteiger charge is -2.22. The molecular weight excluding hydrogens is 266 g/mol. The van der Waals surface area contributed by atoms with Gasteiger partial charge in [-0.2, -0.15) is 0 Å². The van der Waals surface area contributed by atoms with Crippen LogP contribution >= 0.6 is 0 Å². The zero-order chi connectivity index (χ0) is 16.0. The van der Waals surface area contributed by atoms with E-state index in [9.17, 15) is 4.79 Å². The molecule has 1 aromatic carbocycles. The van der Waals surface area contributed by atoms with E-state index in [0.29, 0.717) is 12.6 Å². The van der Waals surface area contributed by atoms with Crippen LogP contribution in [0.15, 0.2) is 18.2 Å². The maximum Gasteiger partial charge on any atom is 0.314 e. The average molecular weight is 293 g/mol. The van der Waals surface area contributed by atoms with Crippen LogP contribution in [0.1, 0.15) is 44.9 Å². The number of carbonyl (C=O) groups excluding carboxylic acids is 1. The summed E-state index contributed by atoms with van der Waals surface area (Å²) in [6.07, 6.45) is 0. The van der Waals surface area contributed by atoms with E-state index in [2.05, 4.69) is 31.3 Å². The molecule has 0 amide bonds. The van der Waals surface area contributed by atoms with E-state index in [0.717, 1.165) is 17.9 Å². The van der Waals surface area contributed by atoms with Crippen LogP contribution in [0.3, 0.4) is 0 Å². The first-order chi connectivity index (χ1) is 9.81. The predicted octanol–water partition coefficient (Wildman–Crippen LogP) is 3.24. The van der Waals surface area contributed by atoms with Crippen LogP contribution in [-0.2, 0) is 9.53 Å². The van der Waals surface area contributed by atoms with Gasteiger partial charge in [0, 0.05) is 6.04 Å². The minimum absolute atomic E-state index is 0.266. The summed E-state index contributed by atoms with van der Waals surface area (Å²) in [5.74, 6) is 0.539. The van der Waals surface area contributed by atoms with Gasteiger partial charge in [-0.3, -0.25) is 4.79 Å². The van der Waals surface area contributed by atoms with Crippen LogP contribution in [0.2, 0.25) is 0 Å². The van der Waals surface area contributed by atoms with Crippen molar-refractivity contribution in [1.82, 2.24) is 5.32 Å². The summed E-state index contributed by atoms with van der Waals surface area (Å²) >= 11 is 0. The predicted molar refractivity (Wildman–Crippen MR) is 84.6 cm³/mol. The third kappa shape index (κ3) is 4.74. The van der Waals surface area contributed by atoms with Crippen molar-refractivity contribution in [2.75, 3.05) is 20.3 Å². The lowest BCUT2D eigenvalue weighted by atomic mass is 9.95. The number of methoxy groups -OCH3 is 1. The summed E-state index contributed by atoms with van der Waals surface area (Å²) in [6.45, 7) is 11.1. The van der Waals surface area contributed by atoms with Gasteiger partial charge in [0.25, 0.3) is 0 Å². The van der Waals surface area contributed by atoms with Gasteiger partial charge in [0.1, 0.15) is 12.4 Å². The Bertz CT molecular complexity index is 483. The van der Waals surface area contributed by atoms with Gasteiger partial charge >= 0.3 is 5.97 Å². The molecule has 4 heteroatoms. The Hall–Kier alpha value is -1.55. The van der Waals surface area contributed by atoms with Gasteiger partial charge in [-0.15, -0.1) is 0 Å². The highest BCUT2D eigenvalue weighted by atomic mass is 16.5. The number of esters is 1. The van der Waals surface area contributed by atoms with Crippen molar-refractivity contribution in [2.24, 2.45) is 5.41 Å². The van der Waals surface area contributed by atoms with E-state index in [-0.39, 0.29) is 5.97 Å². The normalized spacial score (nSPS) is 12.9. The Morgan fingerprint density at radius 2 is 2.05 bits per heavy atom. The largest absolute Gasteiger partial charge is 0.492 e. The SMILES string of the molecule is CCNC(C)c1ccc(OCC(C)(C)C(=O)OC)c(C)c1. The topological polar surface area (TPSA) is 47.6 Å². The summed E-state index contributed by atoms with van der Waals surface area (Å²) in [6, 6.07) is 6.45. The fourth-order valence-electron chi connectivity index (χ4n) is 2.12. The molecule has 0 saturated heterocycles. The highest BCUT2D eigenvalue weighted by Crippen LogP contribution is 2.25. The van der Waals surface area contributed by atoms with Gasteiger partial charge in [0.2, 0.25) is 0 Å². The molecule has 0 bridgehead atoms. The molecule has 1 atom stereocenters. The Morgan fingerprint density at radius 3 is 2.57 bits per heavy atom. The molecule has 0 radical (unpaired) electrons. The number of ether oxygens (including phenoxy) is 2. The molecule has 0 aliphatic heterocycles. The van der Waals surface area contributed by atoms with E-state index in [1.54, 1.807) is 0 Å². The van der Waals surface area contributed by atoms with Crippen molar-refractivity contribution in [3.05, 3.63) is 29.3 Å². The molecule has 0 aliphatic rings. The summed E-state index contributed by atoms with van der Waals surface area (Å²) in [5, 5.41) is 3.39. The Labute approximate surface area is 127 Å². The minimum atomic E-state index is -0.656. The standard InChI is InChI=1S/C17H27NO3/c1-7-18-13(3)14-8-9-15(12(2)10-14)21-11-17(4,5)16(19)20-6/h8-10,13,18H,7,11H2,1-6H3. The Kier molecular flexibility index (Phi) is 6.21. The molecule has 4 nitrogen and oxygen atoms in total. The van der Waals surface area contributed by atoms with Gasteiger partial charge in [-0.25, -0.2) is 0 Å². The highest BCUT2D eigenvalue weighted by Gasteiger charge is 2.29. The zero-order valence-electron chi connectivity index (χ0n) is 13.9. The third-order valence-corrected chi connectivity index (χ3v) is 3.54. The van der Waals surface area contributed by atoms with E-state index in [4.69, 9.17) is 9.47 Å². The second-order valence-electron chi connectivity index (χ2n) is 5.97. The van der Waals surface area contributed by atoms with Gasteiger partial charge in [0.05, 0.1) is 12.5 Å². The highest BCUT2D eigenvalue weighted by molar-refractivity contribution is 5.75. The first-order valence-electron chi connectivity index (χ1n) is 7.37. The fraction of sp³-hybridized carbons (Fsp3) is 0.588. The van der Waals surface area contributed by atoms with Crippen molar-refractivity contribution in [2.45, 2.75) is 40.7 Å². The number of rotatable bonds is 7. The number of hydrogen-bond acceptors (Lipinski definition) is 4. The van der Waals surface area contributed by atoms with Crippen LogP contribution in [0, 0.1) is 12.3 Å². The maximum atomic E-state index is 11.6. The molecule has 1 unspecified atom stereocenters. The van der Waals surface area contributed by atoms with Gasteiger partial charge in [-0.1, -0.05) is 19.1 Å². The van der Waals surface area contributed by atoms with Crippen LogP contribution in [0.25, 0.3) is 0 Å². The Morgan fingerprint density at radius 1 is 1.38 bits per heavy atom. The molecular formula is C17H27NO3. The van der Waals surface area contributed by atoms with Crippen molar-refractivity contribution >= 4 is 5.97 Å². The van der Waals surface area contributed by atoms with Gasteiger partial charge in [0.15, 0.2) is 0 Å². The van der Waals surface area contributed by atoms with E-state index in [1.807, 2.05) is 26.8 Å². The molecule has 0 heterocycles. The summed E-state index contributed by atoms with van der Waals surface area (Å²) in [4.78, 5) is 11.6. The average Bonchev–Trinajstić information content (AvgIpc) is 2.45. The van der Waals surface area contributed by atoms with Crippen LogP contribution < -0.4 is 10.1 Å². The van der Waals surface area contributed by atoms with Crippen molar-refractivity contribution in [3.63, 3.8) is 0 Å². The van der Waals surface area contributed by atoms with Crippen LogP contribution in [-0.4, -0.2) is 26.2 Å². The fourth-order valence-corrected chi connectivity index (χ4v) is 2.12. The molecule has 0 fully saturated rings. The lowest BCUT2D eigenvalue weighted by molar-refractivity contribution is -0.152. The molecule has 1 aromatic rings. The quantitative estimate of drug-likeness (QED) is 0.784. The first kappa shape index (κ1) is 17.5. The summed E-state index contributed by atoms with van der Waals surface area (Å²) in [7, 11) is 1.40. The molecule has 0 aromatic heterocycles. The van der Waals surface area contributed by atoms with E-state index >= 15 is 0 Å². The second kappa shape index (κ2) is 7.46. The monoisotopic (exact) mass is 293 g/mol. The zero-order valence-corrected chi connectivity index (χ0v) is 13.9. The third-order valence-electron chi connectivity index (χ3n) is 3.54. The van der Waals surface area contributed by atoms with Crippen molar-refractivity contribution < 1.29 is 14.3 Å². The van der Waals surface area contributed by atoms with E-state index in [1.165, 1.54) is 12.7 Å². The number of carbonyl (C=O) groups is 1. The summed E-state index contributed by atoms with van der Waals surface area (Å²) < 4.78 is 10.6. The molecule has 0 spiro atoms. The number of nitrogens with one attached hydrogen (secondary N) is 1. The molecule has 0 aliphatic carbocycles. The minimum Gasteiger partial charge on any atom is -0.492 e. The van der Waals surface area contributed by atoms with Crippen LogP contribution in [0.5, 0.6) is 5.75 Å². The van der Waals surface area contributed by atoms with Crippen molar-refractivity contribution in [3.8, 4) is 5.75 Å².